The summed E-state index contributed by atoms with van der Waals surface area (Å²) < 4.78 is 27.6. The lowest BCUT2D eigenvalue weighted by molar-refractivity contribution is 0.133. The summed E-state index contributed by atoms with van der Waals surface area (Å²) in [6.07, 6.45) is 3.01. The van der Waals surface area contributed by atoms with Gasteiger partial charge in [0.05, 0.1) is 4.90 Å². The number of nitrogens with two attached hydrogens (primary N) is 1. The van der Waals surface area contributed by atoms with Gasteiger partial charge in [0.15, 0.2) is 0 Å². The molecule has 0 radical (unpaired) electrons. The van der Waals surface area contributed by atoms with Gasteiger partial charge in [0.2, 0.25) is 10.0 Å². The Morgan fingerprint density at radius 3 is 2.38 bits per heavy atom. The summed E-state index contributed by atoms with van der Waals surface area (Å²) in [5.74, 6) is 0. The maximum absolute atomic E-state index is 12.9. The molecule has 1 aromatic carbocycles. The van der Waals surface area contributed by atoms with Gasteiger partial charge in [-0.2, -0.15) is 4.31 Å². The average molecular weight is 308 g/mol. The summed E-state index contributed by atoms with van der Waals surface area (Å²) in [5.41, 5.74) is 6.56. The van der Waals surface area contributed by atoms with Gasteiger partial charge < -0.3 is 5.73 Å². The zero-order chi connectivity index (χ0) is 15.5. The molecule has 0 spiro atoms. The first-order valence-corrected chi connectivity index (χ1v) is 8.93. The summed E-state index contributed by atoms with van der Waals surface area (Å²) in [4.78, 5) is 0.352. The number of anilines is 1. The molecule has 3 rings (SSSR count). The number of nitrogen functional groups attached to an aromatic ring is 1. The minimum Gasteiger partial charge on any atom is -0.399 e. The predicted octanol–water partition coefficient (Wildman–Crippen LogP) is 2.86. The van der Waals surface area contributed by atoms with E-state index in [2.05, 4.69) is 20.8 Å². The van der Waals surface area contributed by atoms with E-state index >= 15 is 0 Å². The molecule has 1 heterocycles. The van der Waals surface area contributed by atoms with Crippen LogP contribution in [0.3, 0.4) is 0 Å². The van der Waals surface area contributed by atoms with E-state index in [4.69, 9.17) is 5.73 Å². The molecular weight excluding hydrogens is 284 g/mol. The molecule has 1 saturated carbocycles. The Bertz CT molecular complexity index is 651. The molecule has 2 fully saturated rings. The fourth-order valence-corrected chi connectivity index (χ4v) is 6.24. The number of hydrogen-bond donors (Lipinski definition) is 1. The molecule has 5 heteroatoms. The SMILES string of the molecule is CC1(C)C[C@H]2C[C@](C)(CN2S(=O)(=O)c2ccc(N)cc2)C1. The van der Waals surface area contributed by atoms with E-state index in [1.54, 1.807) is 28.6 Å². The van der Waals surface area contributed by atoms with Crippen molar-refractivity contribution in [3.8, 4) is 0 Å². The molecule has 2 bridgehead atoms. The first-order chi connectivity index (χ1) is 9.61. The van der Waals surface area contributed by atoms with Gasteiger partial charge in [-0.1, -0.05) is 20.8 Å². The van der Waals surface area contributed by atoms with Crippen molar-refractivity contribution in [2.24, 2.45) is 10.8 Å². The molecule has 1 aliphatic heterocycles. The van der Waals surface area contributed by atoms with Crippen LogP contribution < -0.4 is 5.73 Å². The largest absolute Gasteiger partial charge is 0.399 e. The smallest absolute Gasteiger partial charge is 0.243 e. The van der Waals surface area contributed by atoms with E-state index < -0.39 is 10.0 Å². The van der Waals surface area contributed by atoms with Gasteiger partial charge >= 0.3 is 0 Å². The maximum Gasteiger partial charge on any atom is 0.243 e. The lowest BCUT2D eigenvalue weighted by Gasteiger charge is -2.39. The van der Waals surface area contributed by atoms with Crippen molar-refractivity contribution in [2.45, 2.75) is 51.0 Å². The third-order valence-electron chi connectivity index (χ3n) is 4.85. The summed E-state index contributed by atoms with van der Waals surface area (Å²) in [6, 6.07) is 6.66. The van der Waals surface area contributed by atoms with Crippen LogP contribution in [0.25, 0.3) is 0 Å². The molecule has 21 heavy (non-hydrogen) atoms. The van der Waals surface area contributed by atoms with Crippen LogP contribution in [0.15, 0.2) is 29.2 Å². The molecule has 2 atom stereocenters. The van der Waals surface area contributed by atoms with Gasteiger partial charge in [0.1, 0.15) is 0 Å². The topological polar surface area (TPSA) is 63.4 Å². The second-order valence-electron chi connectivity index (χ2n) is 7.83. The van der Waals surface area contributed by atoms with Crippen molar-refractivity contribution >= 4 is 15.7 Å². The molecule has 0 aromatic heterocycles. The Kier molecular flexibility index (Phi) is 3.16. The Balaban J connectivity index is 1.96. The average Bonchev–Trinajstić information content (AvgIpc) is 2.59. The Hall–Kier alpha value is -1.07. The van der Waals surface area contributed by atoms with Crippen molar-refractivity contribution in [3.05, 3.63) is 24.3 Å². The lowest BCUT2D eigenvalue weighted by Crippen LogP contribution is -2.37. The first-order valence-electron chi connectivity index (χ1n) is 7.49. The number of sulfonamides is 1. The van der Waals surface area contributed by atoms with E-state index in [0.717, 1.165) is 19.3 Å². The Morgan fingerprint density at radius 2 is 1.76 bits per heavy atom. The fourth-order valence-electron chi connectivity index (χ4n) is 4.46. The highest BCUT2D eigenvalue weighted by atomic mass is 32.2. The van der Waals surface area contributed by atoms with Crippen molar-refractivity contribution in [3.63, 3.8) is 0 Å². The van der Waals surface area contributed by atoms with Crippen LogP contribution in [-0.4, -0.2) is 25.3 Å². The van der Waals surface area contributed by atoms with Gasteiger partial charge in [-0.15, -0.1) is 0 Å². The van der Waals surface area contributed by atoms with Gasteiger partial charge in [-0.05, 0) is 54.4 Å². The van der Waals surface area contributed by atoms with Gasteiger partial charge in [0.25, 0.3) is 0 Å². The molecule has 0 amide bonds. The van der Waals surface area contributed by atoms with E-state index in [-0.39, 0.29) is 16.9 Å². The van der Waals surface area contributed by atoms with Crippen molar-refractivity contribution < 1.29 is 8.42 Å². The summed E-state index contributed by atoms with van der Waals surface area (Å²) in [7, 11) is -3.42. The molecule has 1 aromatic rings. The van der Waals surface area contributed by atoms with Gasteiger partial charge in [0, 0.05) is 18.3 Å². The van der Waals surface area contributed by atoms with Crippen LogP contribution >= 0.6 is 0 Å². The highest BCUT2D eigenvalue weighted by Gasteiger charge is 2.53. The first kappa shape index (κ1) is 14.9. The Labute approximate surface area is 127 Å². The highest BCUT2D eigenvalue weighted by molar-refractivity contribution is 7.89. The lowest BCUT2D eigenvalue weighted by atomic mass is 9.65. The second-order valence-corrected chi connectivity index (χ2v) is 9.72. The summed E-state index contributed by atoms with van der Waals surface area (Å²) in [5, 5.41) is 0. The molecule has 2 N–H and O–H groups in total. The third-order valence-corrected chi connectivity index (χ3v) is 6.77. The standard InChI is InChI=1S/C16H24N2O2S/c1-15(2)8-13-9-16(3,10-15)11-18(13)21(19,20)14-6-4-12(17)5-7-14/h4-7,13H,8-11,17H2,1-3H3/t13-,16-/m0/s1. The number of nitrogens with zero attached hydrogens (tertiary/aromatic N) is 1. The van der Waals surface area contributed by atoms with E-state index in [0.29, 0.717) is 17.1 Å². The molecular formula is C16H24N2O2S. The normalized spacial score (nSPS) is 32.2. The quantitative estimate of drug-likeness (QED) is 0.855. The minimum atomic E-state index is -3.42. The molecule has 2 aliphatic rings. The molecule has 4 nitrogen and oxygen atoms in total. The van der Waals surface area contributed by atoms with Crippen LogP contribution in [0.4, 0.5) is 5.69 Å². The van der Waals surface area contributed by atoms with E-state index in [9.17, 15) is 8.42 Å². The van der Waals surface area contributed by atoms with Crippen molar-refractivity contribution in [1.82, 2.24) is 4.31 Å². The van der Waals surface area contributed by atoms with Crippen LogP contribution in [0.5, 0.6) is 0 Å². The highest BCUT2D eigenvalue weighted by Crippen LogP contribution is 2.53. The van der Waals surface area contributed by atoms with Gasteiger partial charge in [-0.25, -0.2) is 8.42 Å². The maximum atomic E-state index is 12.9. The zero-order valence-electron chi connectivity index (χ0n) is 13.0. The van der Waals surface area contributed by atoms with Crippen molar-refractivity contribution in [2.75, 3.05) is 12.3 Å². The summed E-state index contributed by atoms with van der Waals surface area (Å²) in [6.45, 7) is 7.35. The second kappa shape index (κ2) is 4.46. The fraction of sp³-hybridized carbons (Fsp3) is 0.625. The predicted molar refractivity (Wildman–Crippen MR) is 84.3 cm³/mol. The van der Waals surface area contributed by atoms with Crippen LogP contribution in [0, 0.1) is 10.8 Å². The minimum absolute atomic E-state index is 0.104. The molecule has 116 valence electrons. The molecule has 1 saturated heterocycles. The van der Waals surface area contributed by atoms with E-state index in [1.807, 2.05) is 0 Å². The number of rotatable bonds is 2. The molecule has 0 unspecified atom stereocenters. The van der Waals surface area contributed by atoms with Gasteiger partial charge in [-0.3, -0.25) is 0 Å². The van der Waals surface area contributed by atoms with E-state index in [1.165, 1.54) is 0 Å². The number of fused-ring (bicyclic) bond motifs is 2. The number of benzene rings is 1. The zero-order valence-corrected chi connectivity index (χ0v) is 13.8. The molecule has 1 aliphatic carbocycles. The monoisotopic (exact) mass is 308 g/mol. The van der Waals surface area contributed by atoms with Crippen molar-refractivity contribution in [1.29, 1.82) is 0 Å². The Morgan fingerprint density at radius 1 is 1.14 bits per heavy atom. The number of hydrogen-bond acceptors (Lipinski definition) is 3. The summed E-state index contributed by atoms with van der Waals surface area (Å²) >= 11 is 0. The van der Waals surface area contributed by atoms with Crippen LogP contribution in [-0.2, 0) is 10.0 Å². The van der Waals surface area contributed by atoms with Crippen LogP contribution in [0.1, 0.15) is 40.0 Å². The van der Waals surface area contributed by atoms with Crippen LogP contribution in [0.2, 0.25) is 0 Å². The third kappa shape index (κ3) is 2.57.